The molecule has 2 aromatic rings. The molecule has 1 amide bonds. The Morgan fingerprint density at radius 1 is 1.20 bits per heavy atom. The Morgan fingerprint density at radius 2 is 1.88 bits per heavy atom. The first kappa shape index (κ1) is 17.5. The zero-order valence-corrected chi connectivity index (χ0v) is 14.6. The zero-order valence-electron chi connectivity index (χ0n) is 14.6. The lowest BCUT2D eigenvalue weighted by atomic mass is 10.3. The van der Waals surface area contributed by atoms with E-state index in [2.05, 4.69) is 32.2 Å². The van der Waals surface area contributed by atoms with Gasteiger partial charge in [-0.15, -0.1) is 5.10 Å². The molecule has 2 heterocycles. The van der Waals surface area contributed by atoms with Crippen LogP contribution in [0.1, 0.15) is 16.4 Å². The number of piperazine rings is 1. The van der Waals surface area contributed by atoms with E-state index in [1.807, 2.05) is 0 Å². The Labute approximate surface area is 146 Å². The molecule has 1 aromatic heterocycles. The topological polar surface area (TPSA) is 66.3 Å². The molecule has 0 saturated carbocycles. The van der Waals surface area contributed by atoms with Gasteiger partial charge in [-0.1, -0.05) is 0 Å². The van der Waals surface area contributed by atoms with E-state index in [4.69, 9.17) is 0 Å². The lowest BCUT2D eigenvalue weighted by Gasteiger charge is -2.32. The van der Waals surface area contributed by atoms with Crippen LogP contribution in [0.25, 0.3) is 5.69 Å². The van der Waals surface area contributed by atoms with E-state index in [1.165, 1.54) is 16.8 Å². The molecule has 1 aliphatic rings. The van der Waals surface area contributed by atoms with Crippen molar-refractivity contribution in [1.29, 1.82) is 0 Å². The molecule has 0 radical (unpaired) electrons. The second-order valence-corrected chi connectivity index (χ2v) is 6.27. The van der Waals surface area contributed by atoms with Gasteiger partial charge in [0.25, 0.3) is 5.91 Å². The molecule has 0 spiro atoms. The monoisotopic (exact) mass is 346 g/mol. The molecule has 1 fully saturated rings. The molecular formula is C17H23FN6O. The van der Waals surface area contributed by atoms with Crippen LogP contribution in [0.2, 0.25) is 0 Å². The number of rotatable bonds is 5. The van der Waals surface area contributed by atoms with Crippen LogP contribution in [-0.2, 0) is 0 Å². The molecule has 1 aliphatic heterocycles. The predicted octanol–water partition coefficient (Wildman–Crippen LogP) is 0.692. The van der Waals surface area contributed by atoms with Crippen LogP contribution < -0.4 is 5.32 Å². The number of aromatic nitrogens is 3. The van der Waals surface area contributed by atoms with Gasteiger partial charge in [-0.25, -0.2) is 14.1 Å². The van der Waals surface area contributed by atoms with E-state index < -0.39 is 0 Å². The van der Waals surface area contributed by atoms with Gasteiger partial charge >= 0.3 is 0 Å². The van der Waals surface area contributed by atoms with Crippen molar-refractivity contribution >= 4 is 5.91 Å². The van der Waals surface area contributed by atoms with Crippen LogP contribution in [0.3, 0.4) is 0 Å². The van der Waals surface area contributed by atoms with Crippen molar-refractivity contribution in [2.24, 2.45) is 0 Å². The number of halogens is 1. The number of aryl methyl sites for hydroxylation is 1. The van der Waals surface area contributed by atoms with Crippen LogP contribution in [0.15, 0.2) is 24.3 Å². The van der Waals surface area contributed by atoms with Crippen LogP contribution in [0.5, 0.6) is 0 Å². The smallest absolute Gasteiger partial charge is 0.291 e. The zero-order chi connectivity index (χ0) is 17.8. The van der Waals surface area contributed by atoms with Gasteiger partial charge in [0.15, 0.2) is 0 Å². The number of benzene rings is 1. The van der Waals surface area contributed by atoms with Gasteiger partial charge in [0.05, 0.1) is 5.69 Å². The molecule has 0 atom stereocenters. The number of carbonyl (C=O) groups excluding carboxylic acids is 1. The summed E-state index contributed by atoms with van der Waals surface area (Å²) in [6, 6.07) is 5.91. The molecule has 0 unspecified atom stereocenters. The number of carbonyl (C=O) groups is 1. The normalized spacial score (nSPS) is 16.1. The maximum absolute atomic E-state index is 13.0. The minimum Gasteiger partial charge on any atom is -0.348 e. The maximum Gasteiger partial charge on any atom is 0.291 e. The van der Waals surface area contributed by atoms with E-state index in [0.717, 1.165) is 32.7 Å². The van der Waals surface area contributed by atoms with Crippen molar-refractivity contribution in [1.82, 2.24) is 29.9 Å². The third-order valence-electron chi connectivity index (χ3n) is 4.35. The van der Waals surface area contributed by atoms with Crippen molar-refractivity contribution in [2.45, 2.75) is 6.92 Å². The Balaban J connectivity index is 1.56. The molecular weight excluding hydrogens is 323 g/mol. The molecule has 134 valence electrons. The highest BCUT2D eigenvalue weighted by Gasteiger charge is 2.17. The molecule has 1 aromatic carbocycles. The van der Waals surface area contributed by atoms with E-state index in [9.17, 15) is 9.18 Å². The van der Waals surface area contributed by atoms with Gasteiger partial charge < -0.3 is 10.2 Å². The average Bonchev–Trinajstić information content (AvgIpc) is 2.99. The van der Waals surface area contributed by atoms with Gasteiger partial charge in [0.1, 0.15) is 11.6 Å². The molecule has 7 nitrogen and oxygen atoms in total. The quantitative estimate of drug-likeness (QED) is 0.863. The summed E-state index contributed by atoms with van der Waals surface area (Å²) in [5.74, 6) is 0.0949. The van der Waals surface area contributed by atoms with Gasteiger partial charge in [-0.2, -0.15) is 0 Å². The number of hydrogen-bond acceptors (Lipinski definition) is 5. The number of hydrogen-bond donors (Lipinski definition) is 1. The van der Waals surface area contributed by atoms with Crippen molar-refractivity contribution in [3.05, 3.63) is 41.7 Å². The molecule has 3 rings (SSSR count). The summed E-state index contributed by atoms with van der Waals surface area (Å²) in [5, 5.41) is 7.10. The first-order valence-electron chi connectivity index (χ1n) is 8.41. The van der Waals surface area contributed by atoms with E-state index in [1.54, 1.807) is 19.1 Å². The number of nitrogens with one attached hydrogen (secondary N) is 1. The first-order chi connectivity index (χ1) is 12.0. The first-order valence-corrected chi connectivity index (χ1v) is 8.41. The standard InChI is InChI=1S/C17H23FN6O/c1-13-20-16(21-24(13)15-5-3-14(18)4-6-15)17(25)19-7-8-23-11-9-22(2)10-12-23/h3-6H,7-12H2,1-2H3,(H,19,25). The fraction of sp³-hybridized carbons (Fsp3) is 0.471. The van der Waals surface area contributed by atoms with Gasteiger partial charge in [0, 0.05) is 39.3 Å². The summed E-state index contributed by atoms with van der Waals surface area (Å²) < 4.78 is 14.6. The fourth-order valence-electron chi connectivity index (χ4n) is 2.79. The molecule has 25 heavy (non-hydrogen) atoms. The van der Waals surface area contributed by atoms with Crippen LogP contribution in [0, 0.1) is 12.7 Å². The highest BCUT2D eigenvalue weighted by atomic mass is 19.1. The SMILES string of the molecule is Cc1nc(C(=O)NCCN2CCN(C)CC2)nn1-c1ccc(F)cc1. The fourth-order valence-corrected chi connectivity index (χ4v) is 2.79. The highest BCUT2D eigenvalue weighted by Crippen LogP contribution is 2.10. The van der Waals surface area contributed by atoms with E-state index >= 15 is 0 Å². The number of likely N-dealkylation sites (N-methyl/N-ethyl adjacent to an activating group) is 1. The summed E-state index contributed by atoms with van der Waals surface area (Å²) in [5.41, 5.74) is 0.669. The Morgan fingerprint density at radius 3 is 2.56 bits per heavy atom. The van der Waals surface area contributed by atoms with Crippen LogP contribution in [0.4, 0.5) is 4.39 Å². The lowest BCUT2D eigenvalue weighted by molar-refractivity contribution is 0.0931. The summed E-state index contributed by atoms with van der Waals surface area (Å²) >= 11 is 0. The second-order valence-electron chi connectivity index (χ2n) is 6.27. The number of amides is 1. The largest absolute Gasteiger partial charge is 0.348 e. The molecule has 0 aliphatic carbocycles. The van der Waals surface area contributed by atoms with E-state index in [0.29, 0.717) is 18.1 Å². The lowest BCUT2D eigenvalue weighted by Crippen LogP contribution is -2.47. The van der Waals surface area contributed by atoms with Gasteiger partial charge in [-0.3, -0.25) is 9.69 Å². The summed E-state index contributed by atoms with van der Waals surface area (Å²) in [4.78, 5) is 21.1. The molecule has 1 N–H and O–H groups in total. The third-order valence-corrected chi connectivity index (χ3v) is 4.35. The Hall–Kier alpha value is -2.32. The highest BCUT2D eigenvalue weighted by molar-refractivity contribution is 5.90. The molecule has 8 heteroatoms. The Kier molecular flexibility index (Phi) is 5.40. The number of nitrogens with zero attached hydrogens (tertiary/aromatic N) is 5. The summed E-state index contributed by atoms with van der Waals surface area (Å²) in [6.07, 6.45) is 0. The maximum atomic E-state index is 13.0. The molecule has 1 saturated heterocycles. The van der Waals surface area contributed by atoms with E-state index in [-0.39, 0.29) is 17.5 Å². The predicted molar refractivity (Wildman–Crippen MR) is 92.3 cm³/mol. The van der Waals surface area contributed by atoms with Crippen molar-refractivity contribution in [3.63, 3.8) is 0 Å². The minimum atomic E-state index is -0.316. The third kappa shape index (κ3) is 4.40. The molecule has 0 bridgehead atoms. The van der Waals surface area contributed by atoms with Crippen molar-refractivity contribution < 1.29 is 9.18 Å². The summed E-state index contributed by atoms with van der Waals surface area (Å²) in [7, 11) is 2.12. The second kappa shape index (κ2) is 7.71. The van der Waals surface area contributed by atoms with Gasteiger partial charge in [0.2, 0.25) is 5.82 Å². The van der Waals surface area contributed by atoms with Gasteiger partial charge in [-0.05, 0) is 38.2 Å². The minimum absolute atomic E-state index is 0.125. The average molecular weight is 346 g/mol. The van der Waals surface area contributed by atoms with Crippen molar-refractivity contribution in [2.75, 3.05) is 46.3 Å². The Bertz CT molecular complexity index is 721. The van der Waals surface area contributed by atoms with Crippen LogP contribution >= 0.6 is 0 Å². The summed E-state index contributed by atoms with van der Waals surface area (Å²) in [6.45, 7) is 7.28. The van der Waals surface area contributed by atoms with Crippen LogP contribution in [-0.4, -0.2) is 76.8 Å². The van der Waals surface area contributed by atoms with Crippen molar-refractivity contribution in [3.8, 4) is 5.69 Å².